The maximum absolute atomic E-state index is 12.3. The van der Waals surface area contributed by atoms with Crippen molar-refractivity contribution >= 4 is 11.2 Å². The van der Waals surface area contributed by atoms with Crippen molar-refractivity contribution in [2.24, 2.45) is 14.1 Å². The van der Waals surface area contributed by atoms with Crippen molar-refractivity contribution in [3.05, 3.63) is 38.8 Å². The molecule has 96 valence electrons. The van der Waals surface area contributed by atoms with Crippen LogP contribution in [0.5, 0.6) is 0 Å². The zero-order chi connectivity index (χ0) is 13.4. The molecular weight excluding hydrogens is 232 g/mol. The van der Waals surface area contributed by atoms with E-state index in [0.717, 1.165) is 5.57 Å². The van der Waals surface area contributed by atoms with Crippen LogP contribution in [0.1, 0.15) is 13.8 Å². The van der Waals surface area contributed by atoms with Crippen molar-refractivity contribution in [1.82, 2.24) is 18.7 Å². The van der Waals surface area contributed by atoms with E-state index in [1.807, 2.05) is 19.9 Å². The van der Waals surface area contributed by atoms with Gasteiger partial charge in [0.2, 0.25) is 0 Å². The van der Waals surface area contributed by atoms with Gasteiger partial charge in [0.05, 0.1) is 6.33 Å². The Bertz CT molecular complexity index is 742. The molecule has 0 aliphatic heterocycles. The van der Waals surface area contributed by atoms with Crippen molar-refractivity contribution in [2.45, 2.75) is 20.4 Å². The number of nitrogens with zero attached hydrogens (tertiary/aromatic N) is 4. The molecule has 0 aliphatic carbocycles. The Kier molecular flexibility index (Phi) is 2.94. The fourth-order valence-electron chi connectivity index (χ4n) is 1.83. The highest BCUT2D eigenvalue weighted by Gasteiger charge is 2.13. The Morgan fingerprint density at radius 2 is 2.00 bits per heavy atom. The first-order valence-corrected chi connectivity index (χ1v) is 5.67. The van der Waals surface area contributed by atoms with Gasteiger partial charge in [0, 0.05) is 20.6 Å². The fourth-order valence-corrected chi connectivity index (χ4v) is 1.83. The third-order valence-electron chi connectivity index (χ3n) is 2.88. The monoisotopic (exact) mass is 248 g/mol. The largest absolute Gasteiger partial charge is 0.332 e. The first kappa shape index (κ1) is 12.3. The predicted molar refractivity (Wildman–Crippen MR) is 69.6 cm³/mol. The fraction of sp³-hybridized carbons (Fsp3) is 0.417. The quantitative estimate of drug-likeness (QED) is 0.723. The van der Waals surface area contributed by atoms with E-state index in [1.54, 1.807) is 18.7 Å². The highest BCUT2D eigenvalue weighted by atomic mass is 16.2. The number of imidazole rings is 1. The van der Waals surface area contributed by atoms with Crippen molar-refractivity contribution in [3.8, 4) is 0 Å². The van der Waals surface area contributed by atoms with Gasteiger partial charge in [-0.1, -0.05) is 11.6 Å². The number of aromatic nitrogens is 4. The first-order valence-electron chi connectivity index (χ1n) is 5.67. The van der Waals surface area contributed by atoms with E-state index in [2.05, 4.69) is 4.98 Å². The number of hydrogen-bond donors (Lipinski definition) is 0. The summed E-state index contributed by atoms with van der Waals surface area (Å²) in [6.07, 6.45) is 3.39. The standard InChI is InChI=1S/C12H16N4O2/c1-8(2)5-6-16-11(17)9-10(13-7-14(9)3)15(4)12(16)18/h5,7H,6H2,1-4H3. The van der Waals surface area contributed by atoms with E-state index in [-0.39, 0.29) is 17.8 Å². The van der Waals surface area contributed by atoms with Gasteiger partial charge in [-0.05, 0) is 13.8 Å². The summed E-state index contributed by atoms with van der Waals surface area (Å²) in [7, 11) is 3.36. The van der Waals surface area contributed by atoms with Gasteiger partial charge >= 0.3 is 5.69 Å². The first-order chi connectivity index (χ1) is 8.43. The van der Waals surface area contributed by atoms with Crippen molar-refractivity contribution in [1.29, 1.82) is 0 Å². The molecule has 2 aromatic rings. The van der Waals surface area contributed by atoms with Crippen LogP contribution in [0.3, 0.4) is 0 Å². The van der Waals surface area contributed by atoms with Crippen LogP contribution in [-0.2, 0) is 20.6 Å². The normalized spacial score (nSPS) is 10.9. The summed E-state index contributed by atoms with van der Waals surface area (Å²) >= 11 is 0. The minimum atomic E-state index is -0.344. The van der Waals surface area contributed by atoms with Crippen molar-refractivity contribution in [2.75, 3.05) is 0 Å². The second-order valence-corrected chi connectivity index (χ2v) is 4.57. The van der Waals surface area contributed by atoms with Crippen LogP contribution in [0, 0.1) is 0 Å². The molecule has 0 unspecified atom stereocenters. The molecule has 2 aromatic heterocycles. The maximum atomic E-state index is 12.3. The maximum Gasteiger partial charge on any atom is 0.332 e. The van der Waals surface area contributed by atoms with Crippen LogP contribution >= 0.6 is 0 Å². The summed E-state index contributed by atoms with van der Waals surface area (Å²) in [5, 5.41) is 0. The van der Waals surface area contributed by atoms with Gasteiger partial charge < -0.3 is 4.57 Å². The third-order valence-corrected chi connectivity index (χ3v) is 2.88. The van der Waals surface area contributed by atoms with Crippen LogP contribution in [-0.4, -0.2) is 18.7 Å². The molecule has 0 aromatic carbocycles. The molecular formula is C12H16N4O2. The van der Waals surface area contributed by atoms with Gasteiger partial charge in [-0.15, -0.1) is 0 Å². The lowest BCUT2D eigenvalue weighted by atomic mass is 10.3. The lowest BCUT2D eigenvalue weighted by Gasteiger charge is -2.06. The Hall–Kier alpha value is -2.11. The van der Waals surface area contributed by atoms with Gasteiger partial charge in [-0.25, -0.2) is 9.78 Å². The van der Waals surface area contributed by atoms with Gasteiger partial charge in [0.25, 0.3) is 5.56 Å². The summed E-state index contributed by atoms with van der Waals surface area (Å²) < 4.78 is 4.25. The molecule has 2 rings (SSSR count). The number of rotatable bonds is 2. The van der Waals surface area contributed by atoms with Crippen LogP contribution in [0.25, 0.3) is 11.2 Å². The van der Waals surface area contributed by atoms with Gasteiger partial charge in [-0.2, -0.15) is 0 Å². The number of aryl methyl sites for hydroxylation is 2. The van der Waals surface area contributed by atoms with Crippen LogP contribution in [0.4, 0.5) is 0 Å². The predicted octanol–water partition coefficient (Wildman–Crippen LogP) is 0.400. The summed E-state index contributed by atoms with van der Waals surface area (Å²) in [4.78, 5) is 28.4. The zero-order valence-electron chi connectivity index (χ0n) is 11.0. The molecule has 2 heterocycles. The Balaban J connectivity index is 2.82. The SMILES string of the molecule is CC(C)=CCn1c(=O)c2c(ncn2C)n(C)c1=O. The number of allylic oxidation sites excluding steroid dienone is 2. The summed E-state index contributed by atoms with van der Waals surface area (Å²) in [5.41, 5.74) is 1.28. The zero-order valence-corrected chi connectivity index (χ0v) is 11.0. The molecule has 6 nitrogen and oxygen atoms in total. The average Bonchev–Trinajstić information content (AvgIpc) is 2.68. The molecule has 0 radical (unpaired) electrons. The molecule has 0 amide bonds. The molecule has 6 heteroatoms. The highest BCUT2D eigenvalue weighted by Crippen LogP contribution is 2.02. The van der Waals surface area contributed by atoms with Gasteiger partial charge in [-0.3, -0.25) is 13.9 Å². The molecule has 0 spiro atoms. The summed E-state index contributed by atoms with van der Waals surface area (Å²) in [6.45, 7) is 4.14. The van der Waals surface area contributed by atoms with E-state index in [9.17, 15) is 9.59 Å². The third kappa shape index (κ3) is 1.79. The van der Waals surface area contributed by atoms with Crippen molar-refractivity contribution in [3.63, 3.8) is 0 Å². The highest BCUT2D eigenvalue weighted by molar-refractivity contribution is 5.69. The molecule has 0 saturated carbocycles. The Morgan fingerprint density at radius 1 is 1.33 bits per heavy atom. The smallest absolute Gasteiger partial charge is 0.328 e. The molecule has 18 heavy (non-hydrogen) atoms. The van der Waals surface area contributed by atoms with Crippen LogP contribution in [0.2, 0.25) is 0 Å². The minimum absolute atomic E-state index is 0.287. The molecule has 0 saturated heterocycles. The molecule has 0 N–H and O–H groups in total. The molecule has 0 bridgehead atoms. The topological polar surface area (TPSA) is 61.8 Å². The van der Waals surface area contributed by atoms with Crippen molar-refractivity contribution < 1.29 is 0 Å². The second-order valence-electron chi connectivity index (χ2n) is 4.57. The van der Waals surface area contributed by atoms with Crippen LogP contribution < -0.4 is 11.2 Å². The molecule has 0 atom stereocenters. The lowest BCUT2D eigenvalue weighted by Crippen LogP contribution is -2.39. The average molecular weight is 248 g/mol. The van der Waals surface area contributed by atoms with E-state index in [4.69, 9.17) is 0 Å². The van der Waals surface area contributed by atoms with Gasteiger partial charge in [0.15, 0.2) is 11.2 Å². The second kappa shape index (κ2) is 4.29. The van der Waals surface area contributed by atoms with Crippen LogP contribution in [0.15, 0.2) is 27.6 Å². The van der Waals surface area contributed by atoms with E-state index < -0.39 is 0 Å². The lowest BCUT2D eigenvalue weighted by molar-refractivity contribution is 0.663. The van der Waals surface area contributed by atoms with E-state index in [1.165, 1.54) is 15.5 Å². The summed E-state index contributed by atoms with van der Waals surface area (Å²) in [5.74, 6) is 0. The van der Waals surface area contributed by atoms with Gasteiger partial charge in [0.1, 0.15) is 0 Å². The molecule has 0 aliphatic rings. The Morgan fingerprint density at radius 3 is 2.61 bits per heavy atom. The van der Waals surface area contributed by atoms with E-state index >= 15 is 0 Å². The number of hydrogen-bond acceptors (Lipinski definition) is 3. The minimum Gasteiger partial charge on any atom is -0.328 e. The molecule has 0 fully saturated rings. The number of fused-ring (bicyclic) bond motifs is 1. The Labute approximate surface area is 104 Å². The summed E-state index contributed by atoms with van der Waals surface area (Å²) in [6, 6.07) is 0. The van der Waals surface area contributed by atoms with E-state index in [0.29, 0.717) is 11.2 Å².